The smallest absolute Gasteiger partial charge is 0.338 e. The Morgan fingerprint density at radius 2 is 1.65 bits per heavy atom. The lowest BCUT2D eigenvalue weighted by atomic mass is 9.93. The summed E-state index contributed by atoms with van der Waals surface area (Å²) in [6.45, 7) is 1.43. The lowest BCUT2D eigenvalue weighted by Gasteiger charge is -2.34. The first kappa shape index (κ1) is 28.6. The Labute approximate surface area is 242 Å². The number of esters is 1. The Balaban J connectivity index is 1.63. The zero-order chi connectivity index (χ0) is 31.2. The number of phenols is 5. The van der Waals surface area contributed by atoms with Gasteiger partial charge in [0.1, 0.15) is 29.1 Å². The number of phenolic OH excluding ortho intramolecular Hbond substituents is 5. The molecule has 5 rings (SSSR count). The van der Waals surface area contributed by atoms with Crippen molar-refractivity contribution in [1.82, 2.24) is 0 Å². The zero-order valence-corrected chi connectivity index (χ0v) is 22.3. The molecule has 4 aromatic rings. The number of benzene rings is 3. The second kappa shape index (κ2) is 10.8. The summed E-state index contributed by atoms with van der Waals surface area (Å²) in [5, 5.41) is 70.4. The van der Waals surface area contributed by atoms with Gasteiger partial charge in [-0.25, -0.2) is 9.59 Å². The van der Waals surface area contributed by atoms with E-state index in [9.17, 15) is 45.0 Å². The number of carbonyl (C=O) groups is 2. The molecule has 220 valence electrons. The maximum Gasteiger partial charge on any atom is 0.338 e. The zero-order valence-electron chi connectivity index (χ0n) is 22.3. The van der Waals surface area contributed by atoms with Crippen LogP contribution in [0.3, 0.4) is 0 Å². The topological polar surface area (TPSA) is 211 Å². The fourth-order valence-corrected chi connectivity index (χ4v) is 4.97. The molecular weight excluding hydrogens is 564 g/mol. The average molecular weight is 589 g/mol. The Bertz CT molecular complexity index is 1910. The van der Waals surface area contributed by atoms with Crippen LogP contribution < -0.4 is 10.2 Å². The van der Waals surface area contributed by atoms with Crippen molar-refractivity contribution in [3.63, 3.8) is 0 Å². The molecule has 1 heterocycles. The number of aliphatic carboxylic acids is 1. The number of hydrogen-bond acceptors (Lipinski definition) is 11. The number of fused-ring (bicyclic) bond motifs is 2. The lowest BCUT2D eigenvalue weighted by molar-refractivity contribution is -0.131. The molecule has 0 aromatic heterocycles. The first-order valence-corrected chi connectivity index (χ1v) is 12.7. The highest BCUT2D eigenvalue weighted by atomic mass is 16.6. The number of aryl methyl sites for hydroxylation is 1. The van der Waals surface area contributed by atoms with Crippen LogP contribution >= 0.6 is 0 Å². The van der Waals surface area contributed by atoms with Crippen LogP contribution in [-0.2, 0) is 16.0 Å². The second-order valence-electron chi connectivity index (χ2n) is 9.90. The van der Waals surface area contributed by atoms with Crippen LogP contribution in [0.15, 0.2) is 59.4 Å². The van der Waals surface area contributed by atoms with Gasteiger partial charge in [-0.3, -0.25) is 4.79 Å². The van der Waals surface area contributed by atoms with Gasteiger partial charge in [0, 0.05) is 52.8 Å². The molecule has 0 fully saturated rings. The molecule has 0 amide bonds. The number of carboxylic acid groups (broad SMARTS) is 1. The van der Waals surface area contributed by atoms with Gasteiger partial charge in [0.25, 0.3) is 0 Å². The van der Waals surface area contributed by atoms with Gasteiger partial charge in [-0.05, 0) is 48.2 Å². The van der Waals surface area contributed by atoms with Gasteiger partial charge in [-0.15, -0.1) is 0 Å². The molecule has 4 aromatic carbocycles. The van der Waals surface area contributed by atoms with Crippen LogP contribution in [0.1, 0.15) is 38.7 Å². The molecule has 12 heteroatoms. The van der Waals surface area contributed by atoms with Crippen molar-refractivity contribution < 1.29 is 54.8 Å². The number of ether oxygens (including phenoxy) is 2. The Hall–Kier alpha value is -5.91. The summed E-state index contributed by atoms with van der Waals surface area (Å²) in [5.74, 6) is -4.92. The van der Waals surface area contributed by atoms with Gasteiger partial charge >= 0.3 is 11.9 Å². The number of rotatable bonds is 5. The van der Waals surface area contributed by atoms with Crippen molar-refractivity contribution in [2.75, 3.05) is 0 Å². The van der Waals surface area contributed by atoms with E-state index in [0.29, 0.717) is 0 Å². The monoisotopic (exact) mass is 588 g/mol. The summed E-state index contributed by atoms with van der Waals surface area (Å²) in [5.41, 5.74) is -0.665. The Morgan fingerprint density at radius 1 is 0.907 bits per heavy atom. The summed E-state index contributed by atoms with van der Waals surface area (Å²) in [4.78, 5) is 37.6. The highest BCUT2D eigenvalue weighted by molar-refractivity contribution is 6.02. The van der Waals surface area contributed by atoms with E-state index in [1.54, 1.807) is 0 Å². The van der Waals surface area contributed by atoms with Crippen LogP contribution in [0, 0.1) is 6.92 Å². The average Bonchev–Trinajstić information content (AvgIpc) is 3.07. The van der Waals surface area contributed by atoms with Crippen molar-refractivity contribution in [2.24, 2.45) is 0 Å². The summed E-state index contributed by atoms with van der Waals surface area (Å²) < 4.78 is 11.7. The number of carbonyl (C=O) groups excluding carboxylic acids is 1. The predicted octanol–water partition coefficient (Wildman–Crippen LogP) is 3.74. The van der Waals surface area contributed by atoms with Crippen LogP contribution in [0.4, 0.5) is 0 Å². The van der Waals surface area contributed by atoms with Gasteiger partial charge < -0.3 is 45.2 Å². The van der Waals surface area contributed by atoms with Crippen LogP contribution in [0.2, 0.25) is 0 Å². The molecule has 0 spiro atoms. The molecule has 0 saturated carbocycles. The van der Waals surface area contributed by atoms with E-state index in [0.717, 1.165) is 24.3 Å². The normalized spacial score (nSPS) is 16.0. The van der Waals surface area contributed by atoms with Gasteiger partial charge in [-0.1, -0.05) is 6.07 Å². The van der Waals surface area contributed by atoms with Crippen molar-refractivity contribution >= 4 is 28.8 Å². The fraction of sp³-hybridized carbons (Fsp3) is 0.129. The number of hydrogen-bond donors (Lipinski definition) is 7. The lowest BCUT2D eigenvalue weighted by Crippen LogP contribution is -2.34. The highest BCUT2D eigenvalue weighted by Gasteiger charge is 2.37. The fourth-order valence-electron chi connectivity index (χ4n) is 4.97. The van der Waals surface area contributed by atoms with E-state index in [1.807, 2.05) is 0 Å². The van der Waals surface area contributed by atoms with E-state index in [1.165, 1.54) is 43.3 Å². The maximum absolute atomic E-state index is 13.6. The van der Waals surface area contributed by atoms with E-state index in [4.69, 9.17) is 14.6 Å². The summed E-state index contributed by atoms with van der Waals surface area (Å²) in [7, 11) is 0. The Kier molecular flexibility index (Phi) is 7.20. The largest absolute Gasteiger partial charge is 0.508 e. The molecule has 1 aliphatic rings. The second-order valence-corrected chi connectivity index (χ2v) is 9.90. The standard InChI is InChI=1S/C31H24O12/c1-13-21(34)7-14(3-5-27(38)39)18-6-16(9-24(37)29(40)28(13)18)31(41)43-26-12-19-22(35)10-17(32)11-25(19)42-30(26)15-2-4-20(33)23(36)8-15/h2-11,26,30,32-36H,12H2,1H3,(H,37,40)(H,38,39)/b5-3+/t26-,30-/m1/s1. The molecule has 43 heavy (non-hydrogen) atoms. The van der Waals surface area contributed by atoms with E-state index >= 15 is 0 Å². The number of carboxylic acids is 1. The molecule has 0 aliphatic carbocycles. The van der Waals surface area contributed by atoms with Crippen LogP contribution in [0.5, 0.6) is 40.2 Å². The van der Waals surface area contributed by atoms with Crippen LogP contribution in [0.25, 0.3) is 16.8 Å². The van der Waals surface area contributed by atoms with Crippen molar-refractivity contribution in [3.8, 4) is 40.2 Å². The molecular formula is C31H24O12. The van der Waals surface area contributed by atoms with E-state index in [-0.39, 0.29) is 68.0 Å². The first-order chi connectivity index (χ1) is 20.3. The first-order valence-electron chi connectivity index (χ1n) is 12.7. The van der Waals surface area contributed by atoms with E-state index < -0.39 is 46.8 Å². The quantitative estimate of drug-likeness (QED) is 0.101. The predicted molar refractivity (Wildman–Crippen MR) is 151 cm³/mol. The van der Waals surface area contributed by atoms with Gasteiger partial charge in [-0.2, -0.15) is 0 Å². The molecule has 2 atom stereocenters. The maximum atomic E-state index is 13.6. The van der Waals surface area contributed by atoms with Crippen molar-refractivity contribution in [2.45, 2.75) is 25.6 Å². The third kappa shape index (κ3) is 5.40. The Morgan fingerprint density at radius 3 is 2.35 bits per heavy atom. The molecule has 7 N–H and O–H groups in total. The highest BCUT2D eigenvalue weighted by Crippen LogP contribution is 2.44. The van der Waals surface area contributed by atoms with Gasteiger partial charge in [0.15, 0.2) is 23.4 Å². The molecule has 1 aliphatic heterocycles. The molecule has 0 bridgehead atoms. The molecule has 0 saturated heterocycles. The minimum absolute atomic E-state index is 0.0673. The molecule has 12 nitrogen and oxygen atoms in total. The third-order valence-corrected chi connectivity index (χ3v) is 7.08. The van der Waals surface area contributed by atoms with E-state index in [2.05, 4.69) is 0 Å². The summed E-state index contributed by atoms with van der Waals surface area (Å²) >= 11 is 0. The van der Waals surface area contributed by atoms with Crippen molar-refractivity contribution in [1.29, 1.82) is 0 Å². The van der Waals surface area contributed by atoms with Crippen LogP contribution in [-0.4, -0.2) is 53.8 Å². The minimum atomic E-state index is -1.30. The minimum Gasteiger partial charge on any atom is -0.508 e. The SMILES string of the molecule is Cc1c(O)cc(/C=C/C(=O)O)c2cc(C(=O)O[C@@H]3Cc4c(O)cc(O)cc4O[C@@H]3c3ccc(O)c(O)c3)cc(=O)c(O)c12. The number of aromatic hydroxyl groups is 6. The summed E-state index contributed by atoms with van der Waals surface area (Å²) in [6.07, 6.45) is -0.527. The third-order valence-electron chi connectivity index (χ3n) is 7.08. The molecule has 0 unspecified atom stereocenters. The molecule has 0 radical (unpaired) electrons. The van der Waals surface area contributed by atoms with Crippen molar-refractivity contribution in [3.05, 3.63) is 92.6 Å². The summed E-state index contributed by atoms with van der Waals surface area (Å²) in [6, 6.07) is 9.38. The van der Waals surface area contributed by atoms with Gasteiger partial charge in [0.2, 0.25) is 5.43 Å². The van der Waals surface area contributed by atoms with Gasteiger partial charge in [0.05, 0.1) is 5.56 Å².